The van der Waals surface area contributed by atoms with Gasteiger partial charge in [-0.15, -0.1) is 0 Å². The normalized spacial score (nSPS) is 35.0. The smallest absolute Gasteiger partial charge is 0.329 e. The molecule has 2 unspecified atom stereocenters. The molecule has 4 saturated carbocycles. The standard InChI is InChI=1S/C20H26BN4O2/c1-2-24-25-18(17-14-3-4-22-19(14)23-10-15(17)21-27)16-12-5-11-6-13(16)9-20(26,7-11)8-12/h3-4,10-13,16,24,26-27H,2,5-9H2,1H3,(H,22,23)/b25-18-. The van der Waals surface area contributed by atoms with E-state index in [4.69, 9.17) is 5.10 Å². The number of aromatic amines is 1. The molecule has 0 amide bonds. The number of hydrazone groups is 1. The largest absolute Gasteiger partial charge is 0.450 e. The fraction of sp³-hybridized carbons (Fsp3) is 0.600. The lowest BCUT2D eigenvalue weighted by Crippen LogP contribution is -2.57. The Balaban J connectivity index is 1.64. The van der Waals surface area contributed by atoms with Crippen molar-refractivity contribution in [3.63, 3.8) is 0 Å². The van der Waals surface area contributed by atoms with E-state index >= 15 is 0 Å². The van der Waals surface area contributed by atoms with E-state index < -0.39 is 5.60 Å². The van der Waals surface area contributed by atoms with Gasteiger partial charge in [-0.05, 0) is 68.3 Å². The Bertz CT molecular complexity index is 879. The zero-order chi connectivity index (χ0) is 18.6. The minimum atomic E-state index is -0.468. The van der Waals surface area contributed by atoms with E-state index in [-0.39, 0.29) is 0 Å². The van der Waals surface area contributed by atoms with Gasteiger partial charge in [-0.1, -0.05) is 0 Å². The number of pyridine rings is 1. The van der Waals surface area contributed by atoms with Gasteiger partial charge >= 0.3 is 7.48 Å². The predicted molar refractivity (Wildman–Crippen MR) is 106 cm³/mol. The van der Waals surface area contributed by atoms with Gasteiger partial charge in [0.25, 0.3) is 0 Å². The molecule has 6 rings (SSSR count). The molecule has 27 heavy (non-hydrogen) atoms. The third-order valence-corrected chi connectivity index (χ3v) is 6.93. The Morgan fingerprint density at radius 3 is 2.81 bits per heavy atom. The lowest BCUT2D eigenvalue weighted by Gasteiger charge is -2.58. The maximum absolute atomic E-state index is 11.0. The van der Waals surface area contributed by atoms with Crippen LogP contribution in [0.2, 0.25) is 0 Å². The van der Waals surface area contributed by atoms with E-state index in [9.17, 15) is 10.1 Å². The summed E-state index contributed by atoms with van der Waals surface area (Å²) in [7, 11) is 1.14. The molecule has 4 N–H and O–H groups in total. The summed E-state index contributed by atoms with van der Waals surface area (Å²) in [5.41, 5.74) is 6.19. The zero-order valence-electron chi connectivity index (χ0n) is 15.7. The number of nitrogens with zero attached hydrogens (tertiary/aromatic N) is 2. The minimum Gasteiger partial charge on any atom is -0.450 e. The summed E-state index contributed by atoms with van der Waals surface area (Å²) in [5, 5.41) is 26.7. The van der Waals surface area contributed by atoms with Crippen molar-refractivity contribution in [2.45, 2.75) is 44.6 Å². The Morgan fingerprint density at radius 1 is 1.37 bits per heavy atom. The summed E-state index contributed by atoms with van der Waals surface area (Å²) in [4.78, 5) is 7.59. The molecule has 7 heteroatoms. The Morgan fingerprint density at radius 2 is 2.15 bits per heavy atom. The highest BCUT2D eigenvalue weighted by Gasteiger charge is 2.56. The number of H-pyrrole nitrogens is 1. The molecule has 2 atom stereocenters. The third kappa shape index (κ3) is 2.71. The van der Waals surface area contributed by atoms with E-state index in [1.807, 2.05) is 19.2 Å². The second-order valence-electron chi connectivity index (χ2n) is 8.69. The monoisotopic (exact) mass is 365 g/mol. The first-order valence-electron chi connectivity index (χ1n) is 10.1. The fourth-order valence-corrected chi connectivity index (χ4v) is 6.30. The fourth-order valence-electron chi connectivity index (χ4n) is 6.30. The average Bonchev–Trinajstić information content (AvgIpc) is 3.10. The number of hydrogen-bond donors (Lipinski definition) is 4. The van der Waals surface area contributed by atoms with Gasteiger partial charge in [0.15, 0.2) is 0 Å². The van der Waals surface area contributed by atoms with E-state index in [2.05, 4.69) is 15.4 Å². The molecule has 0 aromatic carbocycles. The summed E-state index contributed by atoms with van der Waals surface area (Å²) < 4.78 is 0. The molecule has 141 valence electrons. The summed E-state index contributed by atoms with van der Waals surface area (Å²) in [6.45, 7) is 2.79. The highest BCUT2D eigenvalue weighted by Crippen LogP contribution is 2.59. The quantitative estimate of drug-likeness (QED) is 0.365. The van der Waals surface area contributed by atoms with Crippen LogP contribution < -0.4 is 10.9 Å². The molecule has 1 radical (unpaired) electrons. The summed E-state index contributed by atoms with van der Waals surface area (Å²) in [5.74, 6) is 1.86. The molecule has 6 nitrogen and oxygen atoms in total. The summed E-state index contributed by atoms with van der Waals surface area (Å²) in [6, 6.07) is 2.01. The van der Waals surface area contributed by atoms with Crippen molar-refractivity contribution in [3.8, 4) is 0 Å². The van der Waals surface area contributed by atoms with E-state index in [1.54, 1.807) is 6.20 Å². The van der Waals surface area contributed by atoms with Crippen LogP contribution >= 0.6 is 0 Å². The minimum absolute atomic E-state index is 0.306. The molecule has 4 aliphatic rings. The second kappa shape index (κ2) is 6.35. The highest BCUT2D eigenvalue weighted by atomic mass is 16.3. The van der Waals surface area contributed by atoms with Gasteiger partial charge in [-0.3, -0.25) is 0 Å². The zero-order valence-corrected chi connectivity index (χ0v) is 15.7. The maximum atomic E-state index is 11.0. The van der Waals surface area contributed by atoms with Crippen LogP contribution in [0.1, 0.15) is 44.6 Å². The van der Waals surface area contributed by atoms with Gasteiger partial charge in [-0.2, -0.15) is 5.10 Å². The van der Waals surface area contributed by atoms with Gasteiger partial charge in [0.1, 0.15) is 5.65 Å². The molecule has 2 heterocycles. The van der Waals surface area contributed by atoms with Crippen LogP contribution in [0, 0.1) is 23.7 Å². The molecule has 0 spiro atoms. The molecule has 4 bridgehead atoms. The predicted octanol–water partition coefficient (Wildman–Crippen LogP) is 1.30. The summed E-state index contributed by atoms with van der Waals surface area (Å²) in [6.07, 6.45) is 8.65. The van der Waals surface area contributed by atoms with E-state index in [0.29, 0.717) is 29.1 Å². The van der Waals surface area contributed by atoms with Crippen LogP contribution in [0.5, 0.6) is 0 Å². The Labute approximate surface area is 159 Å². The van der Waals surface area contributed by atoms with Gasteiger partial charge in [0.05, 0.1) is 11.3 Å². The molecule has 4 fully saturated rings. The Kier molecular flexibility index (Phi) is 4.06. The Hall–Kier alpha value is -1.86. The van der Waals surface area contributed by atoms with Crippen LogP contribution in [0.15, 0.2) is 23.6 Å². The van der Waals surface area contributed by atoms with Gasteiger partial charge < -0.3 is 20.5 Å². The number of hydrogen-bond acceptors (Lipinski definition) is 5. The molecule has 0 aliphatic heterocycles. The van der Waals surface area contributed by atoms with Crippen molar-refractivity contribution in [1.29, 1.82) is 0 Å². The van der Waals surface area contributed by atoms with Crippen molar-refractivity contribution in [3.05, 3.63) is 24.0 Å². The van der Waals surface area contributed by atoms with Gasteiger partial charge in [0, 0.05) is 35.8 Å². The second-order valence-corrected chi connectivity index (χ2v) is 8.69. The lowest BCUT2D eigenvalue weighted by atomic mass is 9.49. The lowest BCUT2D eigenvalue weighted by molar-refractivity contribution is -0.137. The molecular weight excluding hydrogens is 339 g/mol. The van der Waals surface area contributed by atoms with Crippen molar-refractivity contribution < 1.29 is 10.1 Å². The number of nitrogens with one attached hydrogen (secondary N) is 2. The van der Waals surface area contributed by atoms with Crippen LogP contribution in [0.25, 0.3) is 11.0 Å². The highest BCUT2D eigenvalue weighted by molar-refractivity contribution is 6.49. The number of rotatable bonds is 5. The van der Waals surface area contributed by atoms with Crippen molar-refractivity contribution in [2.75, 3.05) is 6.54 Å². The SMILES string of the molecule is CCN/N=C(\c1c([B]O)cnc2[nH]ccc12)C1C2CC3CC1CC(O)(C3)C2. The van der Waals surface area contributed by atoms with E-state index in [1.165, 1.54) is 12.8 Å². The average molecular weight is 365 g/mol. The molecule has 2 aromatic heterocycles. The van der Waals surface area contributed by atoms with Crippen LogP contribution in [-0.2, 0) is 0 Å². The van der Waals surface area contributed by atoms with E-state index in [0.717, 1.165) is 55.6 Å². The van der Waals surface area contributed by atoms with Crippen molar-refractivity contribution in [2.24, 2.45) is 28.8 Å². The molecule has 0 saturated heterocycles. The number of aliphatic hydroxyl groups is 1. The summed E-state index contributed by atoms with van der Waals surface area (Å²) >= 11 is 0. The van der Waals surface area contributed by atoms with Crippen LogP contribution in [0.4, 0.5) is 0 Å². The first kappa shape index (κ1) is 17.3. The molecule has 2 aromatic rings. The first-order chi connectivity index (χ1) is 13.1. The number of fused-ring (bicyclic) bond motifs is 1. The molecular formula is C20H26BN4O2. The van der Waals surface area contributed by atoms with Crippen LogP contribution in [0.3, 0.4) is 0 Å². The van der Waals surface area contributed by atoms with Crippen molar-refractivity contribution in [1.82, 2.24) is 15.4 Å². The topological polar surface area (TPSA) is 93.5 Å². The first-order valence-corrected chi connectivity index (χ1v) is 10.1. The number of aromatic nitrogens is 2. The van der Waals surface area contributed by atoms with Crippen molar-refractivity contribution >= 4 is 29.7 Å². The van der Waals surface area contributed by atoms with Gasteiger partial charge in [0.2, 0.25) is 0 Å². The van der Waals surface area contributed by atoms with Crippen LogP contribution in [-0.4, -0.2) is 45.4 Å². The molecule has 4 aliphatic carbocycles. The third-order valence-electron chi connectivity index (χ3n) is 6.93. The maximum Gasteiger partial charge on any atom is 0.329 e. The van der Waals surface area contributed by atoms with Gasteiger partial charge in [-0.25, -0.2) is 4.98 Å².